The molecule has 2 aliphatic heterocycles. The monoisotopic (exact) mass is 408 g/mol. The van der Waals surface area contributed by atoms with Gasteiger partial charge in [-0.3, -0.25) is 9.69 Å². The molecule has 152 valence electrons. The van der Waals surface area contributed by atoms with Crippen molar-refractivity contribution >= 4 is 26.8 Å². The van der Waals surface area contributed by atoms with E-state index in [2.05, 4.69) is 5.32 Å². The number of ether oxygens (including phenoxy) is 1. The summed E-state index contributed by atoms with van der Waals surface area (Å²) in [6.45, 7) is 1.62. The van der Waals surface area contributed by atoms with Crippen LogP contribution in [0.3, 0.4) is 0 Å². The Balaban J connectivity index is 1.61. The lowest BCUT2D eigenvalue weighted by Crippen LogP contribution is -2.59. The first-order valence-electron chi connectivity index (χ1n) is 11.0. The third-order valence-corrected chi connectivity index (χ3v) is 7.69. The second kappa shape index (κ2) is 7.17. The smallest absolute Gasteiger partial charge is 0.253 e. The molecule has 4 rings (SSSR count). The minimum Gasteiger partial charge on any atom is -0.378 e. The number of likely N-dealkylation sites (N-methyl/N-ethyl adjacent to an activating group) is 1. The number of benzene rings is 1. The van der Waals surface area contributed by atoms with E-state index in [9.17, 15) is 13.2 Å². The van der Waals surface area contributed by atoms with Crippen LogP contribution in [0.15, 0.2) is 30.5 Å². The predicted molar refractivity (Wildman–Crippen MR) is 108 cm³/mol. The summed E-state index contributed by atoms with van der Waals surface area (Å²) in [5, 5.41) is 2.94. The van der Waals surface area contributed by atoms with Crippen LogP contribution >= 0.6 is 0 Å². The number of amides is 1. The van der Waals surface area contributed by atoms with Gasteiger partial charge in [0, 0.05) is 33.8 Å². The van der Waals surface area contributed by atoms with Crippen molar-refractivity contribution in [2.45, 2.75) is 50.1 Å². The zero-order valence-electron chi connectivity index (χ0n) is 19.0. The lowest BCUT2D eigenvalue weighted by Gasteiger charge is -2.46. The Bertz CT molecular complexity index is 1080. The van der Waals surface area contributed by atoms with Gasteiger partial charge in [0.2, 0.25) is 10.0 Å². The largest absolute Gasteiger partial charge is 0.378 e. The third kappa shape index (κ3) is 3.23. The van der Waals surface area contributed by atoms with Crippen LogP contribution in [0.5, 0.6) is 0 Å². The van der Waals surface area contributed by atoms with Crippen LogP contribution in [-0.2, 0) is 14.8 Å². The molecule has 0 radical (unpaired) electrons. The topological polar surface area (TPSA) is 80.6 Å². The maximum atomic E-state index is 13.2. The van der Waals surface area contributed by atoms with E-state index in [1.54, 1.807) is 38.1 Å². The number of fused-ring (bicyclic) bond motifs is 3. The van der Waals surface area contributed by atoms with E-state index in [4.69, 9.17) is 8.85 Å². The Hall–Kier alpha value is -1.90. The zero-order chi connectivity index (χ0) is 22.6. The van der Waals surface area contributed by atoms with Crippen LogP contribution in [0.4, 0.5) is 0 Å². The van der Waals surface area contributed by atoms with Gasteiger partial charge in [-0.15, -0.1) is 0 Å². The number of nitrogens with zero attached hydrogens (tertiary/aromatic N) is 2. The average molecular weight is 409 g/mol. The second-order valence-electron chi connectivity index (χ2n) is 7.84. The Morgan fingerprint density at radius 2 is 1.93 bits per heavy atom. The number of carbonyl (C=O) groups is 1. The third-order valence-electron chi connectivity index (χ3n) is 5.65. The Labute approximate surface area is 169 Å². The normalized spacial score (nSPS) is 28.0. The van der Waals surface area contributed by atoms with E-state index < -0.39 is 22.2 Å². The number of hydrogen-bond donors (Lipinski definition) is 1. The number of aromatic nitrogens is 1. The number of morpholine rings is 1. The second-order valence-corrected chi connectivity index (χ2v) is 10.2. The SMILES string of the molecule is [2H]C([2H])([2H])N1[C@@H]2COC[C@H]1CC(NC(=O)c1cn(S(=O)(=O)C(C)C)c3ccccc13)C2. The van der Waals surface area contributed by atoms with Crippen molar-refractivity contribution in [1.82, 2.24) is 14.2 Å². The van der Waals surface area contributed by atoms with Gasteiger partial charge in [-0.1, -0.05) is 18.2 Å². The maximum absolute atomic E-state index is 13.2. The Kier molecular flexibility index (Phi) is 4.08. The zero-order valence-corrected chi connectivity index (χ0v) is 16.8. The molecule has 2 saturated heterocycles. The van der Waals surface area contributed by atoms with E-state index in [1.807, 2.05) is 0 Å². The van der Waals surface area contributed by atoms with Crippen molar-refractivity contribution in [3.8, 4) is 0 Å². The molecule has 0 spiro atoms. The first-order valence-corrected chi connectivity index (χ1v) is 11.0. The highest BCUT2D eigenvalue weighted by atomic mass is 32.2. The minimum absolute atomic E-state index is 0.214. The van der Waals surface area contributed by atoms with E-state index in [0.717, 1.165) is 0 Å². The van der Waals surface area contributed by atoms with Gasteiger partial charge < -0.3 is 10.1 Å². The summed E-state index contributed by atoms with van der Waals surface area (Å²) in [4.78, 5) is 14.7. The van der Waals surface area contributed by atoms with E-state index in [1.165, 1.54) is 15.1 Å². The predicted octanol–water partition coefficient (Wildman–Crippen LogP) is 1.82. The molecule has 1 aromatic carbocycles. The van der Waals surface area contributed by atoms with Crippen LogP contribution in [0, 0.1) is 0 Å². The molecule has 28 heavy (non-hydrogen) atoms. The van der Waals surface area contributed by atoms with Gasteiger partial charge in [0.25, 0.3) is 5.91 Å². The summed E-state index contributed by atoms with van der Waals surface area (Å²) in [5.41, 5.74) is 0.753. The highest BCUT2D eigenvalue weighted by Gasteiger charge is 2.37. The molecule has 8 heteroatoms. The minimum atomic E-state index is -3.63. The summed E-state index contributed by atoms with van der Waals surface area (Å²) >= 11 is 0. The molecule has 1 amide bonds. The molecule has 3 heterocycles. The van der Waals surface area contributed by atoms with Crippen LogP contribution < -0.4 is 5.32 Å². The van der Waals surface area contributed by atoms with Crippen molar-refractivity contribution < 1.29 is 22.1 Å². The fraction of sp³-hybridized carbons (Fsp3) is 0.550. The molecule has 0 aliphatic carbocycles. The van der Waals surface area contributed by atoms with E-state index >= 15 is 0 Å². The molecule has 2 aromatic rings. The standard InChI is InChI=1S/C20H27N3O4S/c1-13(2)28(25,26)23-10-18(17-6-4-5-7-19(17)23)20(24)21-14-8-15-11-27-12-16(9-14)22(15)3/h4-7,10,13-16H,8-9,11-12H2,1-3H3,(H,21,24)/t14?,15-,16+/i3D3. The molecule has 2 aliphatic rings. The summed E-state index contributed by atoms with van der Waals surface area (Å²) in [7, 11) is -3.63. The number of carbonyl (C=O) groups excluding carboxylic acids is 1. The molecule has 7 nitrogen and oxygen atoms in total. The number of rotatable bonds is 4. The van der Waals surface area contributed by atoms with Gasteiger partial charge in [0.15, 0.2) is 0 Å². The molecule has 2 fully saturated rings. The van der Waals surface area contributed by atoms with Crippen LogP contribution in [0.25, 0.3) is 10.9 Å². The molecular formula is C20H27N3O4S. The van der Waals surface area contributed by atoms with Gasteiger partial charge in [0.1, 0.15) is 0 Å². The van der Waals surface area contributed by atoms with E-state index in [0.29, 0.717) is 42.5 Å². The Morgan fingerprint density at radius 3 is 2.57 bits per heavy atom. The first-order chi connectivity index (χ1) is 14.5. The Morgan fingerprint density at radius 1 is 1.25 bits per heavy atom. The number of piperidine rings is 1. The highest BCUT2D eigenvalue weighted by Crippen LogP contribution is 2.28. The summed E-state index contributed by atoms with van der Waals surface area (Å²) in [5.74, 6) is -0.361. The molecule has 1 N–H and O–H groups in total. The van der Waals surface area contributed by atoms with Crippen LogP contribution in [0.2, 0.25) is 0 Å². The molecule has 0 saturated carbocycles. The summed E-state index contributed by atoms with van der Waals surface area (Å²) in [6.07, 6.45) is 2.31. The van der Waals surface area contributed by atoms with Crippen LogP contribution in [0.1, 0.15) is 41.2 Å². The van der Waals surface area contributed by atoms with Crippen molar-refractivity contribution in [3.63, 3.8) is 0 Å². The highest BCUT2D eigenvalue weighted by molar-refractivity contribution is 7.90. The fourth-order valence-corrected chi connectivity index (χ4v) is 5.20. The number of para-hydroxylation sites is 1. The van der Waals surface area contributed by atoms with Crippen molar-refractivity contribution in [2.24, 2.45) is 0 Å². The molecular weight excluding hydrogens is 378 g/mol. The van der Waals surface area contributed by atoms with Crippen molar-refractivity contribution in [3.05, 3.63) is 36.0 Å². The number of nitrogens with one attached hydrogen (secondary N) is 1. The maximum Gasteiger partial charge on any atom is 0.253 e. The van der Waals surface area contributed by atoms with Gasteiger partial charge in [-0.25, -0.2) is 12.4 Å². The van der Waals surface area contributed by atoms with Crippen LogP contribution in [-0.4, -0.2) is 66.8 Å². The van der Waals surface area contributed by atoms with Gasteiger partial charge >= 0.3 is 0 Å². The van der Waals surface area contributed by atoms with Crippen molar-refractivity contribution in [2.75, 3.05) is 20.2 Å². The van der Waals surface area contributed by atoms with E-state index in [-0.39, 0.29) is 24.0 Å². The quantitative estimate of drug-likeness (QED) is 0.835. The van der Waals surface area contributed by atoms with Gasteiger partial charge in [0.05, 0.1) is 29.5 Å². The molecule has 2 bridgehead atoms. The fourth-order valence-electron chi connectivity index (χ4n) is 4.06. The lowest BCUT2D eigenvalue weighted by atomic mass is 9.90. The lowest BCUT2D eigenvalue weighted by molar-refractivity contribution is -0.0670. The first kappa shape index (κ1) is 16.0. The number of hydrogen-bond acceptors (Lipinski definition) is 5. The summed E-state index contributed by atoms with van der Waals surface area (Å²) in [6, 6.07) is 6.11. The molecule has 1 aromatic heterocycles. The van der Waals surface area contributed by atoms with Gasteiger partial charge in [-0.2, -0.15) is 0 Å². The van der Waals surface area contributed by atoms with Crippen molar-refractivity contribution in [1.29, 1.82) is 0 Å². The van der Waals surface area contributed by atoms with Gasteiger partial charge in [-0.05, 0) is 39.7 Å². The summed E-state index contributed by atoms with van der Waals surface area (Å²) < 4.78 is 55.7. The molecule has 1 unspecified atom stereocenters. The average Bonchev–Trinajstić information content (AvgIpc) is 3.07. The molecule has 3 atom stereocenters.